The Morgan fingerprint density at radius 1 is 1.37 bits per heavy atom. The summed E-state index contributed by atoms with van der Waals surface area (Å²) in [4.78, 5) is -0.00984. The molecule has 19 heavy (non-hydrogen) atoms. The zero-order valence-corrected chi connectivity index (χ0v) is 11.4. The van der Waals surface area contributed by atoms with E-state index in [1.807, 2.05) is 0 Å². The molecule has 0 spiro atoms. The highest BCUT2D eigenvalue weighted by molar-refractivity contribution is 7.89. The Hall–Kier alpha value is -0.980. The minimum absolute atomic E-state index is 0.00984. The lowest BCUT2D eigenvalue weighted by atomic mass is 10.2. The van der Waals surface area contributed by atoms with Gasteiger partial charge >= 0.3 is 0 Å². The molecule has 6 heteroatoms. The zero-order chi connectivity index (χ0) is 13.9. The summed E-state index contributed by atoms with van der Waals surface area (Å²) in [6, 6.07) is 3.43. The van der Waals surface area contributed by atoms with Crippen LogP contribution in [-0.2, 0) is 16.6 Å². The molecular formula is C13H18FNO3S. The molecule has 0 heterocycles. The maximum atomic E-state index is 13.2. The summed E-state index contributed by atoms with van der Waals surface area (Å²) >= 11 is 0. The summed E-state index contributed by atoms with van der Waals surface area (Å²) in [5.74, 6) is 0.173. The van der Waals surface area contributed by atoms with E-state index in [1.165, 1.54) is 25.0 Å². The third kappa shape index (κ3) is 3.99. The molecule has 0 amide bonds. The number of hydrogen-bond acceptors (Lipinski definition) is 3. The van der Waals surface area contributed by atoms with Crippen LogP contribution in [-0.4, -0.2) is 20.1 Å². The Labute approximate surface area is 112 Å². The van der Waals surface area contributed by atoms with Crippen LogP contribution in [0.1, 0.15) is 31.2 Å². The van der Waals surface area contributed by atoms with E-state index in [4.69, 9.17) is 5.11 Å². The zero-order valence-electron chi connectivity index (χ0n) is 10.6. The number of hydrogen-bond donors (Lipinski definition) is 2. The topological polar surface area (TPSA) is 66.4 Å². The lowest BCUT2D eigenvalue weighted by Crippen LogP contribution is -2.25. The van der Waals surface area contributed by atoms with Crippen LogP contribution in [0.3, 0.4) is 0 Å². The van der Waals surface area contributed by atoms with Crippen molar-refractivity contribution in [2.45, 2.75) is 37.2 Å². The largest absolute Gasteiger partial charge is 0.392 e. The van der Waals surface area contributed by atoms with E-state index in [1.54, 1.807) is 0 Å². The SMILES string of the molecule is O=S(=O)(NCCCC1CC1)c1ccc(F)c(CO)c1. The molecule has 4 nitrogen and oxygen atoms in total. The number of sulfonamides is 1. The molecule has 106 valence electrons. The Balaban J connectivity index is 1.97. The Kier molecular flexibility index (Phi) is 4.54. The van der Waals surface area contributed by atoms with E-state index in [-0.39, 0.29) is 10.5 Å². The van der Waals surface area contributed by atoms with Gasteiger partial charge in [-0.25, -0.2) is 17.5 Å². The van der Waals surface area contributed by atoms with Crippen LogP contribution >= 0.6 is 0 Å². The number of halogens is 1. The molecule has 0 bridgehead atoms. The highest BCUT2D eigenvalue weighted by Gasteiger charge is 2.21. The van der Waals surface area contributed by atoms with Crippen LogP contribution in [0.5, 0.6) is 0 Å². The first-order chi connectivity index (χ1) is 9.03. The molecule has 2 rings (SSSR count). The molecule has 1 aromatic rings. The molecule has 1 aliphatic carbocycles. The number of aliphatic hydroxyl groups is 1. The summed E-state index contributed by atoms with van der Waals surface area (Å²) in [6.45, 7) is -0.123. The summed E-state index contributed by atoms with van der Waals surface area (Å²) in [6.07, 6.45) is 4.38. The van der Waals surface area contributed by atoms with Crippen molar-refractivity contribution in [2.24, 2.45) is 5.92 Å². The van der Waals surface area contributed by atoms with E-state index in [2.05, 4.69) is 4.72 Å². The number of rotatable bonds is 7. The van der Waals surface area contributed by atoms with Gasteiger partial charge in [-0.15, -0.1) is 0 Å². The van der Waals surface area contributed by atoms with E-state index in [9.17, 15) is 12.8 Å². The van der Waals surface area contributed by atoms with Crippen molar-refractivity contribution in [3.63, 3.8) is 0 Å². The predicted molar refractivity (Wildman–Crippen MR) is 69.5 cm³/mol. The first kappa shape index (κ1) is 14.4. The smallest absolute Gasteiger partial charge is 0.240 e. The van der Waals surface area contributed by atoms with Crippen molar-refractivity contribution in [2.75, 3.05) is 6.54 Å². The molecule has 0 atom stereocenters. The van der Waals surface area contributed by atoms with Gasteiger partial charge in [-0.05, 0) is 37.0 Å². The highest BCUT2D eigenvalue weighted by Crippen LogP contribution is 2.33. The quantitative estimate of drug-likeness (QED) is 0.751. The maximum Gasteiger partial charge on any atom is 0.240 e. The van der Waals surface area contributed by atoms with Gasteiger partial charge in [0.1, 0.15) is 5.82 Å². The van der Waals surface area contributed by atoms with Gasteiger partial charge < -0.3 is 5.11 Å². The minimum atomic E-state index is -3.61. The first-order valence-corrected chi connectivity index (χ1v) is 7.90. The number of benzene rings is 1. The summed E-state index contributed by atoms with van der Waals surface area (Å²) in [7, 11) is -3.61. The number of nitrogens with one attached hydrogen (secondary N) is 1. The molecule has 2 N–H and O–H groups in total. The van der Waals surface area contributed by atoms with E-state index < -0.39 is 22.4 Å². The van der Waals surface area contributed by atoms with Crippen molar-refractivity contribution in [3.8, 4) is 0 Å². The third-order valence-corrected chi connectivity index (χ3v) is 4.73. The fraction of sp³-hybridized carbons (Fsp3) is 0.538. The fourth-order valence-electron chi connectivity index (χ4n) is 1.93. The van der Waals surface area contributed by atoms with Gasteiger partial charge in [-0.2, -0.15) is 0 Å². The molecule has 1 saturated carbocycles. The highest BCUT2D eigenvalue weighted by atomic mass is 32.2. The van der Waals surface area contributed by atoms with Crippen molar-refractivity contribution in [3.05, 3.63) is 29.6 Å². The van der Waals surface area contributed by atoms with Gasteiger partial charge in [-0.1, -0.05) is 12.8 Å². The van der Waals surface area contributed by atoms with Crippen LogP contribution in [0.15, 0.2) is 23.1 Å². The lowest BCUT2D eigenvalue weighted by molar-refractivity contribution is 0.275. The van der Waals surface area contributed by atoms with Gasteiger partial charge in [0, 0.05) is 12.1 Å². The summed E-state index contributed by atoms with van der Waals surface area (Å²) in [5, 5.41) is 8.94. The molecule has 1 aromatic carbocycles. The second-order valence-electron chi connectivity index (χ2n) is 4.89. The Morgan fingerprint density at radius 3 is 2.74 bits per heavy atom. The molecular weight excluding hydrogens is 269 g/mol. The molecule has 0 radical (unpaired) electrons. The Morgan fingerprint density at radius 2 is 2.11 bits per heavy atom. The first-order valence-electron chi connectivity index (χ1n) is 6.42. The monoisotopic (exact) mass is 287 g/mol. The van der Waals surface area contributed by atoms with E-state index in [0.29, 0.717) is 6.54 Å². The molecule has 0 saturated heterocycles. The van der Waals surface area contributed by atoms with Gasteiger partial charge in [0.2, 0.25) is 10.0 Å². The van der Waals surface area contributed by atoms with Gasteiger partial charge in [-0.3, -0.25) is 0 Å². The lowest BCUT2D eigenvalue weighted by Gasteiger charge is -2.08. The fourth-order valence-corrected chi connectivity index (χ4v) is 3.05. The average molecular weight is 287 g/mol. The van der Waals surface area contributed by atoms with E-state index >= 15 is 0 Å². The Bertz CT molecular complexity index is 541. The molecule has 0 aromatic heterocycles. The molecule has 0 unspecified atom stereocenters. The predicted octanol–water partition coefficient (Wildman–Crippen LogP) is 1.79. The van der Waals surface area contributed by atoms with Gasteiger partial charge in [0.15, 0.2) is 0 Å². The number of aliphatic hydroxyl groups excluding tert-OH is 1. The van der Waals surface area contributed by atoms with Crippen LogP contribution < -0.4 is 4.72 Å². The van der Waals surface area contributed by atoms with E-state index in [0.717, 1.165) is 24.8 Å². The standard InChI is InChI=1S/C13H18FNO3S/c14-13-6-5-12(8-11(13)9-16)19(17,18)15-7-1-2-10-3-4-10/h5-6,8,10,15-16H,1-4,7,9H2. The van der Waals surface area contributed by atoms with Crippen LogP contribution in [0.2, 0.25) is 0 Å². The molecule has 1 aliphatic rings. The van der Waals surface area contributed by atoms with Crippen molar-refractivity contribution in [1.29, 1.82) is 0 Å². The second kappa shape index (κ2) is 5.98. The van der Waals surface area contributed by atoms with Gasteiger partial charge in [0.05, 0.1) is 11.5 Å². The summed E-state index contributed by atoms with van der Waals surface area (Å²) in [5.41, 5.74) is -0.0131. The average Bonchev–Trinajstić information content (AvgIpc) is 3.19. The van der Waals surface area contributed by atoms with Crippen molar-refractivity contribution in [1.82, 2.24) is 4.72 Å². The third-order valence-electron chi connectivity index (χ3n) is 3.28. The molecule has 1 fully saturated rings. The second-order valence-corrected chi connectivity index (χ2v) is 6.66. The maximum absolute atomic E-state index is 13.2. The summed E-state index contributed by atoms with van der Waals surface area (Å²) < 4.78 is 39.6. The van der Waals surface area contributed by atoms with Gasteiger partial charge in [0.25, 0.3) is 0 Å². The normalized spacial score (nSPS) is 15.7. The van der Waals surface area contributed by atoms with Crippen LogP contribution in [0.4, 0.5) is 4.39 Å². The molecule has 0 aliphatic heterocycles. The van der Waals surface area contributed by atoms with Crippen molar-refractivity contribution < 1.29 is 17.9 Å². The van der Waals surface area contributed by atoms with Crippen molar-refractivity contribution >= 4 is 10.0 Å². The van der Waals surface area contributed by atoms with Crippen LogP contribution in [0.25, 0.3) is 0 Å². The minimum Gasteiger partial charge on any atom is -0.392 e. The van der Waals surface area contributed by atoms with Crippen LogP contribution in [0, 0.1) is 11.7 Å².